The molecule has 0 aliphatic heterocycles. The second kappa shape index (κ2) is 11.6. The van der Waals surface area contributed by atoms with Gasteiger partial charge in [0.2, 0.25) is 5.91 Å². The molecule has 0 saturated heterocycles. The second-order valence-electron chi connectivity index (χ2n) is 5.89. The highest BCUT2D eigenvalue weighted by Gasteiger charge is 2.16. The van der Waals surface area contributed by atoms with Crippen molar-refractivity contribution in [1.82, 2.24) is 0 Å². The Morgan fingerprint density at radius 3 is 2.33 bits per heavy atom. The van der Waals surface area contributed by atoms with E-state index in [2.05, 4.69) is 5.32 Å². The van der Waals surface area contributed by atoms with E-state index in [4.69, 9.17) is 10.5 Å². The highest BCUT2D eigenvalue weighted by molar-refractivity contribution is 7.92. The number of hydrogen-bond donors (Lipinski definition) is 2. The van der Waals surface area contributed by atoms with Crippen molar-refractivity contribution < 1.29 is 17.9 Å². The summed E-state index contributed by atoms with van der Waals surface area (Å²) in [5.74, 6) is -0.434. The molecule has 0 fully saturated rings. The molecule has 6 nitrogen and oxygen atoms in total. The number of anilines is 1. The van der Waals surface area contributed by atoms with Gasteiger partial charge in [-0.2, -0.15) is 0 Å². The fraction of sp³-hybridized carbons (Fsp3) is 0.316. The van der Waals surface area contributed by atoms with Crippen molar-refractivity contribution in [3.63, 3.8) is 0 Å². The number of carbonyl (C=O) groups is 1. The first-order valence-electron chi connectivity index (χ1n) is 8.46. The van der Waals surface area contributed by atoms with E-state index in [-0.39, 0.29) is 18.2 Å². The van der Waals surface area contributed by atoms with Crippen LogP contribution in [0.4, 0.5) is 5.69 Å². The Kier molecular flexibility index (Phi) is 9.85. The molecule has 0 aliphatic carbocycles. The molecule has 8 heteroatoms. The molecule has 0 radical (unpaired) electrons. The molecule has 0 aliphatic rings. The highest BCUT2D eigenvalue weighted by atomic mass is 35.5. The molecule has 1 amide bonds. The molecule has 27 heavy (non-hydrogen) atoms. The van der Waals surface area contributed by atoms with Crippen LogP contribution in [0.15, 0.2) is 54.6 Å². The van der Waals surface area contributed by atoms with Crippen molar-refractivity contribution in [1.29, 1.82) is 0 Å². The predicted octanol–water partition coefficient (Wildman–Crippen LogP) is 2.43. The van der Waals surface area contributed by atoms with E-state index in [1.165, 1.54) is 0 Å². The average Bonchev–Trinajstić information content (AvgIpc) is 2.61. The van der Waals surface area contributed by atoms with E-state index in [1.54, 1.807) is 24.3 Å². The van der Waals surface area contributed by atoms with E-state index in [0.717, 1.165) is 5.56 Å². The SMILES string of the molecule is Cl.NCCOc1ccc(NC(=O)CS(=O)(=O)CCCc2ccccc2)cc1. The average molecular weight is 413 g/mol. The van der Waals surface area contributed by atoms with Crippen molar-refractivity contribution in [2.75, 3.05) is 30.0 Å². The number of benzene rings is 2. The Labute approximate surface area is 166 Å². The number of sulfone groups is 1. The van der Waals surface area contributed by atoms with Crippen LogP contribution in [0.1, 0.15) is 12.0 Å². The summed E-state index contributed by atoms with van der Waals surface area (Å²) in [6.07, 6.45) is 1.17. The van der Waals surface area contributed by atoms with Crippen LogP contribution in [0, 0.1) is 0 Å². The molecular weight excluding hydrogens is 388 g/mol. The minimum Gasteiger partial charge on any atom is -0.492 e. The van der Waals surface area contributed by atoms with E-state index >= 15 is 0 Å². The predicted molar refractivity (Wildman–Crippen MR) is 110 cm³/mol. The fourth-order valence-corrected chi connectivity index (χ4v) is 3.62. The third kappa shape index (κ3) is 8.90. The maximum atomic E-state index is 12.1. The van der Waals surface area contributed by atoms with Gasteiger partial charge in [-0.1, -0.05) is 30.3 Å². The first kappa shape index (κ1) is 23.0. The van der Waals surface area contributed by atoms with Gasteiger partial charge in [-0.25, -0.2) is 8.42 Å². The number of ether oxygens (including phenoxy) is 1. The van der Waals surface area contributed by atoms with Crippen LogP contribution in [-0.4, -0.2) is 39.0 Å². The minimum atomic E-state index is -3.44. The van der Waals surface area contributed by atoms with Crippen molar-refractivity contribution in [2.24, 2.45) is 5.73 Å². The van der Waals surface area contributed by atoms with Gasteiger partial charge in [0.25, 0.3) is 0 Å². The summed E-state index contributed by atoms with van der Waals surface area (Å²) in [7, 11) is -3.44. The second-order valence-corrected chi connectivity index (χ2v) is 8.07. The topological polar surface area (TPSA) is 98.5 Å². The lowest BCUT2D eigenvalue weighted by atomic mass is 10.1. The molecule has 2 aromatic carbocycles. The van der Waals surface area contributed by atoms with E-state index in [9.17, 15) is 13.2 Å². The fourth-order valence-electron chi connectivity index (χ4n) is 2.42. The number of nitrogens with two attached hydrogens (primary N) is 1. The Balaban J connectivity index is 0.00000364. The molecule has 0 spiro atoms. The van der Waals surface area contributed by atoms with Gasteiger partial charge in [0.15, 0.2) is 9.84 Å². The van der Waals surface area contributed by atoms with Crippen LogP contribution in [0.3, 0.4) is 0 Å². The lowest BCUT2D eigenvalue weighted by Gasteiger charge is -2.08. The monoisotopic (exact) mass is 412 g/mol. The number of halogens is 1. The summed E-state index contributed by atoms with van der Waals surface area (Å²) in [4.78, 5) is 12.0. The van der Waals surface area contributed by atoms with Gasteiger partial charge in [-0.05, 0) is 42.7 Å². The van der Waals surface area contributed by atoms with Gasteiger partial charge in [-0.15, -0.1) is 12.4 Å². The Hall–Kier alpha value is -2.09. The Morgan fingerprint density at radius 1 is 1.04 bits per heavy atom. The summed E-state index contributed by atoms with van der Waals surface area (Å²) in [5, 5.41) is 2.59. The van der Waals surface area contributed by atoms with Gasteiger partial charge in [0.1, 0.15) is 18.1 Å². The van der Waals surface area contributed by atoms with Crippen LogP contribution in [0.5, 0.6) is 5.75 Å². The molecule has 0 heterocycles. The highest BCUT2D eigenvalue weighted by Crippen LogP contribution is 2.15. The lowest BCUT2D eigenvalue weighted by molar-refractivity contribution is -0.113. The third-order valence-corrected chi connectivity index (χ3v) is 5.25. The zero-order chi connectivity index (χ0) is 18.8. The van der Waals surface area contributed by atoms with Crippen LogP contribution in [0.25, 0.3) is 0 Å². The molecule has 0 bridgehead atoms. The smallest absolute Gasteiger partial charge is 0.239 e. The van der Waals surface area contributed by atoms with Crippen LogP contribution >= 0.6 is 12.4 Å². The first-order chi connectivity index (χ1) is 12.5. The largest absolute Gasteiger partial charge is 0.492 e. The summed E-state index contributed by atoms with van der Waals surface area (Å²) < 4.78 is 29.5. The van der Waals surface area contributed by atoms with Crippen LogP contribution < -0.4 is 15.8 Å². The van der Waals surface area contributed by atoms with Gasteiger partial charge in [-0.3, -0.25) is 4.79 Å². The van der Waals surface area contributed by atoms with E-state index in [0.29, 0.717) is 37.4 Å². The summed E-state index contributed by atoms with van der Waals surface area (Å²) in [6.45, 7) is 0.827. The normalized spacial score (nSPS) is 10.7. The summed E-state index contributed by atoms with van der Waals surface area (Å²) in [6, 6.07) is 16.4. The van der Waals surface area contributed by atoms with E-state index in [1.807, 2.05) is 30.3 Å². The van der Waals surface area contributed by atoms with E-state index < -0.39 is 21.5 Å². The minimum absolute atomic E-state index is 0. The van der Waals surface area contributed by atoms with Crippen LogP contribution in [0.2, 0.25) is 0 Å². The molecule has 148 valence electrons. The molecule has 0 saturated carbocycles. The zero-order valence-electron chi connectivity index (χ0n) is 15.0. The maximum Gasteiger partial charge on any atom is 0.239 e. The quantitative estimate of drug-likeness (QED) is 0.624. The van der Waals surface area contributed by atoms with Gasteiger partial charge < -0.3 is 15.8 Å². The van der Waals surface area contributed by atoms with Crippen molar-refractivity contribution >= 4 is 33.8 Å². The molecule has 2 rings (SSSR count). The number of hydrogen-bond acceptors (Lipinski definition) is 5. The molecule has 0 unspecified atom stereocenters. The number of amides is 1. The van der Waals surface area contributed by atoms with Crippen molar-refractivity contribution in [3.05, 3.63) is 60.2 Å². The maximum absolute atomic E-state index is 12.1. The number of carbonyl (C=O) groups excluding carboxylic acids is 1. The Bertz CT molecular complexity index is 796. The number of aryl methyl sites for hydroxylation is 1. The molecular formula is C19H25ClN2O4S. The molecule has 3 N–H and O–H groups in total. The molecule has 2 aromatic rings. The Morgan fingerprint density at radius 2 is 1.70 bits per heavy atom. The zero-order valence-corrected chi connectivity index (χ0v) is 16.6. The number of rotatable bonds is 10. The lowest BCUT2D eigenvalue weighted by Crippen LogP contribution is -2.24. The van der Waals surface area contributed by atoms with Crippen LogP contribution in [-0.2, 0) is 21.1 Å². The van der Waals surface area contributed by atoms with Crippen molar-refractivity contribution in [3.8, 4) is 5.75 Å². The summed E-state index contributed by atoms with van der Waals surface area (Å²) >= 11 is 0. The van der Waals surface area contributed by atoms with Gasteiger partial charge in [0, 0.05) is 12.2 Å². The standard InChI is InChI=1S/C19H24N2O4S.ClH/c20-12-13-25-18-10-8-17(9-11-18)21-19(22)15-26(23,24)14-4-7-16-5-2-1-3-6-16;/h1-3,5-6,8-11H,4,7,12-15,20H2,(H,21,22);1H. The molecule has 0 aromatic heterocycles. The summed E-state index contributed by atoms with van der Waals surface area (Å²) in [5.41, 5.74) is 6.97. The number of nitrogens with one attached hydrogen (secondary N) is 1. The third-order valence-electron chi connectivity index (χ3n) is 3.64. The van der Waals surface area contributed by atoms with Crippen molar-refractivity contribution in [2.45, 2.75) is 12.8 Å². The van der Waals surface area contributed by atoms with Gasteiger partial charge in [0.05, 0.1) is 5.75 Å². The first-order valence-corrected chi connectivity index (χ1v) is 10.3. The van der Waals surface area contributed by atoms with Gasteiger partial charge >= 0.3 is 0 Å². The molecule has 0 atom stereocenters.